The maximum Gasteiger partial charge on any atom is 0.269 e. The van der Waals surface area contributed by atoms with Crippen LogP contribution in [-0.2, 0) is 32.6 Å². The average molecular weight is 631 g/mol. The third-order valence-corrected chi connectivity index (χ3v) is 9.35. The predicted octanol–water partition coefficient (Wildman–Crippen LogP) is 5.47. The van der Waals surface area contributed by atoms with Gasteiger partial charge in [0.2, 0.25) is 11.8 Å². The van der Waals surface area contributed by atoms with Crippen LogP contribution in [0.3, 0.4) is 0 Å². The van der Waals surface area contributed by atoms with Gasteiger partial charge in [0, 0.05) is 31.5 Å². The summed E-state index contributed by atoms with van der Waals surface area (Å²) in [4.78, 5) is 41.8. The van der Waals surface area contributed by atoms with Crippen LogP contribution >= 0.6 is 23.2 Å². The zero-order valence-electron chi connectivity index (χ0n) is 23.6. The van der Waals surface area contributed by atoms with E-state index in [4.69, 9.17) is 23.2 Å². The Labute approximate surface area is 256 Å². The molecule has 4 rings (SSSR count). The summed E-state index contributed by atoms with van der Waals surface area (Å²) in [6.07, 6.45) is 0.240. The summed E-state index contributed by atoms with van der Waals surface area (Å²) in [5, 5.41) is 3.68. The molecule has 0 fully saturated rings. The van der Waals surface area contributed by atoms with Gasteiger partial charge in [-0.25, -0.2) is 12.7 Å². The number of amides is 3. The Bertz CT molecular complexity index is 1590. The van der Waals surface area contributed by atoms with Gasteiger partial charge < -0.3 is 10.2 Å². The number of nitrogens with zero attached hydrogens (tertiary/aromatic N) is 2. The zero-order valence-corrected chi connectivity index (χ0v) is 26.0. The average Bonchev–Trinajstić information content (AvgIpc) is 3.12. The number of nitrogens with one attached hydrogen (secondary N) is 1. The molecule has 0 saturated heterocycles. The minimum Gasteiger partial charge on any atom is -0.350 e. The molecule has 0 radical (unpaired) electrons. The predicted molar refractivity (Wildman–Crippen MR) is 163 cm³/mol. The molecule has 1 heterocycles. The van der Waals surface area contributed by atoms with E-state index in [0.717, 1.165) is 9.87 Å². The first kappa shape index (κ1) is 31.5. The molecule has 1 aliphatic rings. The van der Waals surface area contributed by atoms with Crippen LogP contribution in [-0.4, -0.2) is 53.5 Å². The van der Waals surface area contributed by atoms with Crippen LogP contribution in [0.15, 0.2) is 77.7 Å². The normalized spacial score (nSPS) is 14.8. The van der Waals surface area contributed by atoms with Crippen LogP contribution in [0.5, 0.6) is 0 Å². The molecule has 3 aromatic carbocycles. The minimum atomic E-state index is -3.99. The summed E-state index contributed by atoms with van der Waals surface area (Å²) >= 11 is 12.4. The number of benzene rings is 3. The molecule has 11 heteroatoms. The zero-order chi connectivity index (χ0) is 30.7. The van der Waals surface area contributed by atoms with E-state index < -0.39 is 27.5 Å². The highest BCUT2D eigenvalue weighted by Gasteiger charge is 2.40. The molecule has 3 amide bonds. The minimum absolute atomic E-state index is 0.0376. The van der Waals surface area contributed by atoms with Gasteiger partial charge in [0.15, 0.2) is 0 Å². The summed E-state index contributed by atoms with van der Waals surface area (Å²) in [5.41, 5.74) is 1.10. The highest BCUT2D eigenvalue weighted by atomic mass is 35.5. The fraction of sp³-hybridized carbons (Fsp3) is 0.323. The summed E-state index contributed by atoms with van der Waals surface area (Å²) in [6.45, 7) is 5.49. The third-order valence-electron chi connectivity index (χ3n) is 6.77. The van der Waals surface area contributed by atoms with E-state index in [1.165, 1.54) is 17.0 Å². The summed E-state index contributed by atoms with van der Waals surface area (Å²) < 4.78 is 26.8. The molecule has 42 heavy (non-hydrogen) atoms. The van der Waals surface area contributed by atoms with Crippen molar-refractivity contribution in [2.45, 2.75) is 63.1 Å². The van der Waals surface area contributed by atoms with Crippen LogP contribution in [0.1, 0.15) is 55.1 Å². The van der Waals surface area contributed by atoms with Crippen LogP contribution in [0.4, 0.5) is 0 Å². The second kappa shape index (κ2) is 12.9. The number of halogens is 2. The second-order valence-electron chi connectivity index (χ2n) is 11.2. The number of hydrogen-bond donors (Lipinski definition) is 1. The largest absolute Gasteiger partial charge is 0.350 e. The molecule has 0 unspecified atom stereocenters. The lowest BCUT2D eigenvalue weighted by molar-refractivity contribution is -0.142. The van der Waals surface area contributed by atoms with Crippen molar-refractivity contribution in [3.8, 4) is 0 Å². The van der Waals surface area contributed by atoms with E-state index in [1.807, 2.05) is 51.1 Å². The number of carbonyl (C=O) groups excluding carboxylic acids is 3. The first-order valence-electron chi connectivity index (χ1n) is 13.5. The number of fused-ring (bicyclic) bond motifs is 1. The Morgan fingerprint density at radius 1 is 0.929 bits per heavy atom. The Balaban J connectivity index is 1.60. The maximum atomic E-state index is 13.9. The van der Waals surface area contributed by atoms with E-state index in [-0.39, 0.29) is 54.6 Å². The number of rotatable bonds is 10. The first-order chi connectivity index (χ1) is 19.8. The van der Waals surface area contributed by atoms with Crippen LogP contribution in [0.25, 0.3) is 0 Å². The standard InChI is InChI=1S/C31H33Cl2N3O5S/c1-31(2,3)34-29(38)26(19-21-10-5-4-6-11-21)35(20-22-15-16-24(32)25(33)18-22)28(37)14-9-17-36-30(39)23-12-7-8-13-27(23)42(36,40)41/h4-8,10-13,15-16,18,26H,9,14,17,19-20H2,1-3H3,(H,34,38)/t26-/m0/s1. The van der Waals surface area contributed by atoms with Crippen molar-refractivity contribution in [2.75, 3.05) is 6.54 Å². The summed E-state index contributed by atoms with van der Waals surface area (Å²) in [7, 11) is -3.99. The van der Waals surface area contributed by atoms with Crippen molar-refractivity contribution in [3.63, 3.8) is 0 Å². The van der Waals surface area contributed by atoms with Gasteiger partial charge in [-0.05, 0) is 62.6 Å². The third kappa shape index (κ3) is 7.32. The molecule has 0 spiro atoms. The monoisotopic (exact) mass is 629 g/mol. The molecule has 8 nitrogen and oxygen atoms in total. The highest BCUT2D eigenvalue weighted by molar-refractivity contribution is 7.90. The van der Waals surface area contributed by atoms with Gasteiger partial charge in [-0.2, -0.15) is 0 Å². The molecule has 1 atom stereocenters. The van der Waals surface area contributed by atoms with Crippen molar-refractivity contribution < 1.29 is 22.8 Å². The number of sulfonamides is 1. The molecule has 222 valence electrons. The fourth-order valence-electron chi connectivity index (χ4n) is 4.81. The van der Waals surface area contributed by atoms with Gasteiger partial charge in [0.25, 0.3) is 15.9 Å². The van der Waals surface area contributed by atoms with Gasteiger partial charge in [-0.1, -0.05) is 71.7 Å². The molecular formula is C31H33Cl2N3O5S. The van der Waals surface area contributed by atoms with Crippen molar-refractivity contribution in [3.05, 3.63) is 99.5 Å². The highest BCUT2D eigenvalue weighted by Crippen LogP contribution is 2.30. The number of carbonyl (C=O) groups is 3. The maximum absolute atomic E-state index is 13.9. The van der Waals surface area contributed by atoms with Crippen LogP contribution in [0, 0.1) is 0 Å². The van der Waals surface area contributed by atoms with Gasteiger partial charge in [-0.3, -0.25) is 14.4 Å². The van der Waals surface area contributed by atoms with Crippen molar-refractivity contribution >= 4 is 50.9 Å². The Morgan fingerprint density at radius 3 is 2.24 bits per heavy atom. The van der Waals surface area contributed by atoms with Gasteiger partial charge in [0.05, 0.1) is 15.6 Å². The molecule has 0 saturated carbocycles. The summed E-state index contributed by atoms with van der Waals surface area (Å²) in [6, 6.07) is 19.6. The lowest BCUT2D eigenvalue weighted by atomic mass is 10.00. The van der Waals surface area contributed by atoms with Crippen molar-refractivity contribution in [1.29, 1.82) is 0 Å². The molecule has 0 aliphatic carbocycles. The molecule has 1 aliphatic heterocycles. The SMILES string of the molecule is CC(C)(C)NC(=O)[C@H](Cc1ccccc1)N(Cc1ccc(Cl)c(Cl)c1)C(=O)CCCN1C(=O)c2ccccc2S1(=O)=O. The Morgan fingerprint density at radius 2 is 1.60 bits per heavy atom. The molecule has 0 bridgehead atoms. The fourth-order valence-corrected chi connectivity index (χ4v) is 6.74. The first-order valence-corrected chi connectivity index (χ1v) is 15.7. The number of hydrogen-bond acceptors (Lipinski definition) is 5. The van der Waals surface area contributed by atoms with E-state index in [1.54, 1.807) is 30.3 Å². The quantitative estimate of drug-likeness (QED) is 0.320. The molecule has 0 aromatic heterocycles. The van der Waals surface area contributed by atoms with Crippen LogP contribution < -0.4 is 5.32 Å². The summed E-state index contributed by atoms with van der Waals surface area (Å²) in [5.74, 6) is -1.31. The second-order valence-corrected chi connectivity index (χ2v) is 13.8. The Kier molecular flexibility index (Phi) is 9.65. The topological polar surface area (TPSA) is 104 Å². The van der Waals surface area contributed by atoms with E-state index in [0.29, 0.717) is 15.6 Å². The lowest BCUT2D eigenvalue weighted by Crippen LogP contribution is -2.54. The van der Waals surface area contributed by atoms with Gasteiger partial charge in [0.1, 0.15) is 10.9 Å². The van der Waals surface area contributed by atoms with Crippen molar-refractivity contribution in [2.24, 2.45) is 0 Å². The van der Waals surface area contributed by atoms with Crippen LogP contribution in [0.2, 0.25) is 10.0 Å². The molecule has 3 aromatic rings. The Hall–Kier alpha value is -3.40. The van der Waals surface area contributed by atoms with Gasteiger partial charge in [-0.15, -0.1) is 0 Å². The van der Waals surface area contributed by atoms with E-state index in [2.05, 4.69) is 5.32 Å². The molecule has 1 N–H and O–H groups in total. The lowest BCUT2D eigenvalue weighted by Gasteiger charge is -2.34. The van der Waals surface area contributed by atoms with Crippen molar-refractivity contribution in [1.82, 2.24) is 14.5 Å². The van der Waals surface area contributed by atoms with Gasteiger partial charge >= 0.3 is 0 Å². The molecular weight excluding hydrogens is 597 g/mol. The van der Waals surface area contributed by atoms with E-state index in [9.17, 15) is 22.8 Å². The van der Waals surface area contributed by atoms with E-state index >= 15 is 0 Å². The smallest absolute Gasteiger partial charge is 0.269 e.